The molecule has 76 heavy (non-hydrogen) atoms. The van der Waals surface area contributed by atoms with E-state index >= 15 is 0 Å². The first-order valence-corrected chi connectivity index (χ1v) is 34.3. The predicted molar refractivity (Wildman–Crippen MR) is 330 cm³/mol. The van der Waals surface area contributed by atoms with Gasteiger partial charge in [-0.15, -0.1) is 0 Å². The zero-order chi connectivity index (χ0) is 55.0. The summed E-state index contributed by atoms with van der Waals surface area (Å²) in [5.41, 5.74) is 0. The van der Waals surface area contributed by atoms with Crippen LogP contribution >= 0.6 is 0 Å². The van der Waals surface area contributed by atoms with Gasteiger partial charge in [0.15, 0.2) is 6.10 Å². The molecule has 0 aliphatic rings. The molecule has 0 aromatic heterocycles. The summed E-state index contributed by atoms with van der Waals surface area (Å²) in [6.07, 6.45) is 79.4. The highest BCUT2D eigenvalue weighted by molar-refractivity contribution is 5.71. The Hall–Kier alpha value is -2.11. The van der Waals surface area contributed by atoms with Crippen LogP contribution in [-0.2, 0) is 28.6 Å². The Morgan fingerprint density at radius 3 is 0.737 bits per heavy atom. The maximum atomic E-state index is 12.9. The largest absolute Gasteiger partial charge is 0.462 e. The molecule has 0 aromatic rings. The molecule has 0 fully saturated rings. The van der Waals surface area contributed by atoms with E-state index in [2.05, 4.69) is 45.1 Å². The van der Waals surface area contributed by atoms with Gasteiger partial charge in [-0.2, -0.15) is 0 Å². The molecule has 0 rings (SSSR count). The summed E-state index contributed by atoms with van der Waals surface area (Å²) < 4.78 is 16.9. The van der Waals surface area contributed by atoms with Crippen LogP contribution in [0.2, 0.25) is 0 Å². The third-order valence-electron chi connectivity index (χ3n) is 15.7. The lowest BCUT2D eigenvalue weighted by Crippen LogP contribution is -2.30. The smallest absolute Gasteiger partial charge is 0.306 e. The highest BCUT2D eigenvalue weighted by Gasteiger charge is 2.19. The highest BCUT2D eigenvalue weighted by atomic mass is 16.6. The van der Waals surface area contributed by atoms with Crippen LogP contribution in [-0.4, -0.2) is 37.2 Å². The van der Waals surface area contributed by atoms with Crippen molar-refractivity contribution in [2.75, 3.05) is 13.2 Å². The Morgan fingerprint density at radius 1 is 0.263 bits per heavy atom. The summed E-state index contributed by atoms with van der Waals surface area (Å²) in [6, 6.07) is 0. The van der Waals surface area contributed by atoms with Gasteiger partial charge in [-0.1, -0.05) is 340 Å². The van der Waals surface area contributed by atoms with Crippen molar-refractivity contribution >= 4 is 17.9 Å². The Morgan fingerprint density at radius 2 is 0.474 bits per heavy atom. The van der Waals surface area contributed by atoms with Gasteiger partial charge >= 0.3 is 17.9 Å². The molecule has 0 heterocycles. The van der Waals surface area contributed by atoms with Gasteiger partial charge < -0.3 is 14.2 Å². The summed E-state index contributed by atoms with van der Waals surface area (Å²) in [6.45, 7) is 6.67. The Balaban J connectivity index is 4.08. The van der Waals surface area contributed by atoms with E-state index in [0.29, 0.717) is 19.3 Å². The van der Waals surface area contributed by atoms with Crippen LogP contribution in [0.3, 0.4) is 0 Å². The molecule has 0 bridgehead atoms. The summed E-state index contributed by atoms with van der Waals surface area (Å²) in [4.78, 5) is 38.2. The average Bonchev–Trinajstić information content (AvgIpc) is 3.42. The quantitative estimate of drug-likeness (QED) is 0.0261. The molecule has 0 spiro atoms. The van der Waals surface area contributed by atoms with Gasteiger partial charge in [-0.05, 0) is 51.4 Å². The number of hydrogen-bond donors (Lipinski definition) is 0. The van der Waals surface area contributed by atoms with E-state index in [4.69, 9.17) is 14.2 Å². The molecule has 0 amide bonds. The lowest BCUT2D eigenvalue weighted by molar-refractivity contribution is -0.167. The number of rotatable bonds is 64. The normalized spacial score (nSPS) is 12.1. The van der Waals surface area contributed by atoms with Crippen molar-refractivity contribution in [1.29, 1.82) is 0 Å². The second-order valence-corrected chi connectivity index (χ2v) is 23.5. The molecule has 0 aliphatic heterocycles. The standard InChI is InChI=1S/C70H132O6/c1-4-7-10-13-16-19-22-24-26-28-29-30-31-32-33-34-35-36-37-38-39-40-41-42-44-45-48-51-54-57-60-63-69(72)75-66-67(65-74-68(71)62-59-56-53-50-47-21-18-15-12-9-6-3)76-70(73)64-61-58-55-52-49-46-43-27-25-23-20-17-14-11-8-5-2/h20,23,27,43,67H,4-19,21-22,24-26,28-42,44-66H2,1-3H3/b23-20-,43-27-. The first-order valence-electron chi connectivity index (χ1n) is 34.3. The monoisotopic (exact) mass is 1070 g/mol. The molecule has 6 heteroatoms. The van der Waals surface area contributed by atoms with Crippen molar-refractivity contribution in [2.24, 2.45) is 0 Å². The van der Waals surface area contributed by atoms with Gasteiger partial charge in [0, 0.05) is 19.3 Å². The van der Waals surface area contributed by atoms with E-state index < -0.39 is 6.10 Å². The maximum absolute atomic E-state index is 12.9. The molecule has 0 N–H and O–H groups in total. The molecule has 1 atom stereocenters. The fourth-order valence-electron chi connectivity index (χ4n) is 10.5. The highest BCUT2D eigenvalue weighted by Crippen LogP contribution is 2.19. The van der Waals surface area contributed by atoms with Crippen molar-refractivity contribution in [1.82, 2.24) is 0 Å². The molecule has 0 aliphatic carbocycles. The zero-order valence-electron chi connectivity index (χ0n) is 51.6. The van der Waals surface area contributed by atoms with Crippen molar-refractivity contribution < 1.29 is 28.6 Å². The number of allylic oxidation sites excluding steroid dienone is 4. The molecule has 1 unspecified atom stereocenters. The van der Waals surface area contributed by atoms with Gasteiger partial charge in [0.25, 0.3) is 0 Å². The van der Waals surface area contributed by atoms with E-state index in [-0.39, 0.29) is 31.1 Å². The van der Waals surface area contributed by atoms with Gasteiger partial charge in [0.2, 0.25) is 0 Å². The lowest BCUT2D eigenvalue weighted by Gasteiger charge is -2.18. The fraction of sp³-hybridized carbons (Fsp3) is 0.900. The molecule has 448 valence electrons. The number of unbranched alkanes of at least 4 members (excludes halogenated alkanes) is 49. The van der Waals surface area contributed by atoms with Crippen LogP contribution in [0.4, 0.5) is 0 Å². The van der Waals surface area contributed by atoms with Crippen LogP contribution in [0.15, 0.2) is 24.3 Å². The molecular formula is C70H132O6. The van der Waals surface area contributed by atoms with Crippen molar-refractivity contribution in [3.8, 4) is 0 Å². The molecular weight excluding hydrogens is 937 g/mol. The minimum absolute atomic E-state index is 0.0713. The Labute approximate surface area is 474 Å². The number of carbonyl (C=O) groups excluding carboxylic acids is 3. The van der Waals surface area contributed by atoms with Crippen LogP contribution < -0.4 is 0 Å². The van der Waals surface area contributed by atoms with Crippen molar-refractivity contribution in [3.63, 3.8) is 0 Å². The zero-order valence-corrected chi connectivity index (χ0v) is 51.6. The van der Waals surface area contributed by atoms with E-state index in [1.807, 2.05) is 0 Å². The minimum Gasteiger partial charge on any atom is -0.462 e. The molecule has 0 saturated heterocycles. The van der Waals surface area contributed by atoms with Crippen molar-refractivity contribution in [3.05, 3.63) is 24.3 Å². The Bertz CT molecular complexity index is 1230. The van der Waals surface area contributed by atoms with Gasteiger partial charge in [-0.3, -0.25) is 14.4 Å². The molecule has 0 saturated carbocycles. The van der Waals surface area contributed by atoms with E-state index in [1.54, 1.807) is 0 Å². The van der Waals surface area contributed by atoms with Gasteiger partial charge in [0.05, 0.1) is 0 Å². The molecule has 0 radical (unpaired) electrons. The van der Waals surface area contributed by atoms with Crippen LogP contribution in [0.5, 0.6) is 0 Å². The van der Waals surface area contributed by atoms with E-state index in [9.17, 15) is 14.4 Å². The van der Waals surface area contributed by atoms with Gasteiger partial charge in [0.1, 0.15) is 13.2 Å². The van der Waals surface area contributed by atoms with Crippen molar-refractivity contribution in [2.45, 2.75) is 393 Å². The average molecular weight is 1070 g/mol. The predicted octanol–water partition coefficient (Wildman–Crippen LogP) is 23.4. The molecule has 0 aromatic carbocycles. The number of hydrogen-bond acceptors (Lipinski definition) is 6. The maximum Gasteiger partial charge on any atom is 0.306 e. The Kier molecular flexibility index (Phi) is 63.6. The molecule has 6 nitrogen and oxygen atoms in total. The summed E-state index contributed by atoms with van der Waals surface area (Å²) in [5.74, 6) is -0.860. The first kappa shape index (κ1) is 73.9. The van der Waals surface area contributed by atoms with Crippen LogP contribution in [0.25, 0.3) is 0 Å². The number of esters is 3. The van der Waals surface area contributed by atoms with Gasteiger partial charge in [-0.25, -0.2) is 0 Å². The number of ether oxygens (including phenoxy) is 3. The summed E-state index contributed by atoms with van der Waals surface area (Å²) in [7, 11) is 0. The third kappa shape index (κ3) is 62.7. The minimum atomic E-state index is -0.774. The lowest BCUT2D eigenvalue weighted by atomic mass is 10.0. The first-order chi connectivity index (χ1) is 37.5. The topological polar surface area (TPSA) is 78.9 Å². The van der Waals surface area contributed by atoms with E-state index in [1.165, 1.54) is 270 Å². The second-order valence-electron chi connectivity index (χ2n) is 23.5. The third-order valence-corrected chi connectivity index (χ3v) is 15.7. The number of carbonyl (C=O) groups is 3. The van der Waals surface area contributed by atoms with Crippen LogP contribution in [0, 0.1) is 0 Å². The second kappa shape index (κ2) is 65.4. The SMILES string of the molecule is CCCCCC/C=C\C/C=C\CCCCCCCC(=O)OC(COC(=O)CCCCCCCCCCCCC)COC(=O)CCCCCCCCCCCCCCCCCCCCCCCCCCCCCCCCC. The summed E-state index contributed by atoms with van der Waals surface area (Å²) >= 11 is 0. The summed E-state index contributed by atoms with van der Waals surface area (Å²) in [5, 5.41) is 0. The fourth-order valence-corrected chi connectivity index (χ4v) is 10.5. The van der Waals surface area contributed by atoms with Crippen LogP contribution in [0.1, 0.15) is 387 Å². The van der Waals surface area contributed by atoms with E-state index in [0.717, 1.165) is 77.0 Å².